The van der Waals surface area contributed by atoms with Gasteiger partial charge in [0.1, 0.15) is 0 Å². The summed E-state index contributed by atoms with van der Waals surface area (Å²) in [6, 6.07) is 0. The van der Waals surface area contributed by atoms with Crippen molar-refractivity contribution in [3.05, 3.63) is 16.6 Å². The van der Waals surface area contributed by atoms with E-state index in [1.165, 1.54) is 24.1 Å². The van der Waals surface area contributed by atoms with Crippen LogP contribution in [0.15, 0.2) is 11.7 Å². The summed E-state index contributed by atoms with van der Waals surface area (Å²) in [5.74, 6) is 0. The largest absolute Gasteiger partial charge is 0.382 e. The highest BCUT2D eigenvalue weighted by atomic mass is 32.1. The first kappa shape index (κ1) is 12.0. The predicted molar refractivity (Wildman–Crippen MR) is 66.6 cm³/mol. The molecule has 1 aliphatic rings. The molecular formula is C12H20N2OS. The number of hydrogen-bond acceptors (Lipinski definition) is 4. The van der Waals surface area contributed by atoms with Crippen molar-refractivity contribution < 1.29 is 4.74 Å². The quantitative estimate of drug-likeness (QED) is 0.709. The van der Waals surface area contributed by atoms with Gasteiger partial charge in [0.25, 0.3) is 0 Å². The van der Waals surface area contributed by atoms with Crippen molar-refractivity contribution in [2.24, 2.45) is 5.41 Å². The van der Waals surface area contributed by atoms with Gasteiger partial charge in [0.15, 0.2) is 0 Å². The van der Waals surface area contributed by atoms with Crippen LogP contribution >= 0.6 is 11.3 Å². The average molecular weight is 240 g/mol. The zero-order valence-corrected chi connectivity index (χ0v) is 10.7. The van der Waals surface area contributed by atoms with E-state index in [4.69, 9.17) is 4.74 Å². The van der Waals surface area contributed by atoms with E-state index in [0.29, 0.717) is 5.41 Å². The molecule has 1 aromatic rings. The van der Waals surface area contributed by atoms with Gasteiger partial charge in [-0.2, -0.15) is 0 Å². The summed E-state index contributed by atoms with van der Waals surface area (Å²) in [7, 11) is 0. The van der Waals surface area contributed by atoms with Gasteiger partial charge in [-0.25, -0.2) is 0 Å². The highest BCUT2D eigenvalue weighted by Crippen LogP contribution is 2.48. The van der Waals surface area contributed by atoms with Crippen LogP contribution in [0.1, 0.15) is 31.1 Å². The van der Waals surface area contributed by atoms with Gasteiger partial charge >= 0.3 is 0 Å². The zero-order chi connectivity index (χ0) is 11.3. The molecule has 0 radical (unpaired) electrons. The smallest absolute Gasteiger partial charge is 0.0794 e. The molecule has 90 valence electrons. The molecule has 0 aromatic carbocycles. The van der Waals surface area contributed by atoms with Crippen molar-refractivity contribution in [1.82, 2.24) is 10.3 Å². The number of hydrogen-bond donors (Lipinski definition) is 1. The van der Waals surface area contributed by atoms with Crippen molar-refractivity contribution in [1.29, 1.82) is 0 Å². The van der Waals surface area contributed by atoms with Crippen molar-refractivity contribution in [2.45, 2.75) is 32.7 Å². The Morgan fingerprint density at radius 1 is 1.56 bits per heavy atom. The van der Waals surface area contributed by atoms with Crippen molar-refractivity contribution in [3.8, 4) is 0 Å². The number of nitrogens with zero attached hydrogens (tertiary/aromatic N) is 1. The molecule has 0 unspecified atom stereocenters. The molecule has 16 heavy (non-hydrogen) atoms. The summed E-state index contributed by atoms with van der Waals surface area (Å²) in [4.78, 5) is 5.39. The van der Waals surface area contributed by atoms with Crippen LogP contribution in [-0.4, -0.2) is 24.7 Å². The Kier molecular flexibility index (Phi) is 4.32. The predicted octanol–water partition coefficient (Wildman–Crippen LogP) is 2.44. The first-order valence-electron chi connectivity index (χ1n) is 6.00. The molecule has 0 saturated heterocycles. The first-order valence-corrected chi connectivity index (χ1v) is 6.88. The minimum absolute atomic E-state index is 0.542. The Morgan fingerprint density at radius 2 is 2.44 bits per heavy atom. The Balaban J connectivity index is 1.62. The van der Waals surface area contributed by atoms with Crippen LogP contribution in [0.3, 0.4) is 0 Å². The van der Waals surface area contributed by atoms with E-state index in [9.17, 15) is 0 Å². The fourth-order valence-corrected chi connectivity index (χ4v) is 2.47. The fourth-order valence-electron chi connectivity index (χ4n) is 1.91. The Bertz CT molecular complexity index is 296. The van der Waals surface area contributed by atoms with Crippen LogP contribution in [0.25, 0.3) is 0 Å². The third kappa shape index (κ3) is 3.54. The lowest BCUT2D eigenvalue weighted by Gasteiger charge is -2.15. The van der Waals surface area contributed by atoms with Crippen LogP contribution in [0, 0.1) is 5.41 Å². The third-order valence-electron chi connectivity index (χ3n) is 3.22. The standard InChI is InChI=1S/C12H20N2OS/c1-2-15-6-5-12(3-4-12)9-13-7-11-8-14-10-16-11/h8,10,13H,2-7,9H2,1H3. The maximum absolute atomic E-state index is 5.43. The van der Waals surface area contributed by atoms with Gasteiger partial charge in [0.05, 0.1) is 5.51 Å². The maximum atomic E-state index is 5.43. The lowest BCUT2D eigenvalue weighted by atomic mass is 10.0. The summed E-state index contributed by atoms with van der Waals surface area (Å²) in [6.07, 6.45) is 5.86. The summed E-state index contributed by atoms with van der Waals surface area (Å²) < 4.78 is 5.43. The molecule has 1 aromatic heterocycles. The van der Waals surface area contributed by atoms with E-state index in [0.717, 1.165) is 26.3 Å². The SMILES string of the molecule is CCOCCC1(CNCc2cncs2)CC1. The molecule has 1 aliphatic carbocycles. The molecular weight excluding hydrogens is 220 g/mol. The number of thiazole rings is 1. The van der Waals surface area contributed by atoms with Crippen molar-refractivity contribution in [3.63, 3.8) is 0 Å². The van der Waals surface area contributed by atoms with Gasteiger partial charge in [0, 0.05) is 37.4 Å². The number of aromatic nitrogens is 1. The van der Waals surface area contributed by atoms with E-state index >= 15 is 0 Å². The number of ether oxygens (including phenoxy) is 1. The molecule has 0 amide bonds. The molecule has 1 saturated carbocycles. The average Bonchev–Trinajstić information content (AvgIpc) is 2.86. The molecule has 1 heterocycles. The summed E-state index contributed by atoms with van der Waals surface area (Å²) in [5.41, 5.74) is 2.43. The number of nitrogens with one attached hydrogen (secondary N) is 1. The fraction of sp³-hybridized carbons (Fsp3) is 0.750. The zero-order valence-electron chi connectivity index (χ0n) is 9.87. The molecule has 0 spiro atoms. The molecule has 0 atom stereocenters. The summed E-state index contributed by atoms with van der Waals surface area (Å²) >= 11 is 1.72. The Hall–Kier alpha value is -0.450. The molecule has 4 heteroatoms. The van der Waals surface area contributed by atoms with E-state index in [1.807, 2.05) is 11.7 Å². The van der Waals surface area contributed by atoms with E-state index in [-0.39, 0.29) is 0 Å². The number of rotatable bonds is 8. The van der Waals surface area contributed by atoms with Gasteiger partial charge < -0.3 is 10.1 Å². The molecule has 2 rings (SSSR count). The minimum Gasteiger partial charge on any atom is -0.382 e. The van der Waals surface area contributed by atoms with Gasteiger partial charge in [-0.3, -0.25) is 4.98 Å². The second kappa shape index (κ2) is 5.75. The molecule has 0 aliphatic heterocycles. The Labute approximate surface area is 101 Å². The highest BCUT2D eigenvalue weighted by Gasteiger charge is 2.41. The summed E-state index contributed by atoms with van der Waals surface area (Å²) in [6.45, 7) is 5.89. The molecule has 0 bridgehead atoms. The third-order valence-corrected chi connectivity index (χ3v) is 4.00. The minimum atomic E-state index is 0.542. The lowest BCUT2D eigenvalue weighted by Crippen LogP contribution is -2.24. The van der Waals surface area contributed by atoms with E-state index in [2.05, 4.69) is 17.2 Å². The van der Waals surface area contributed by atoms with Gasteiger partial charge in [-0.05, 0) is 31.6 Å². The van der Waals surface area contributed by atoms with Crippen LogP contribution in [0.5, 0.6) is 0 Å². The van der Waals surface area contributed by atoms with Crippen LogP contribution in [-0.2, 0) is 11.3 Å². The molecule has 3 nitrogen and oxygen atoms in total. The van der Waals surface area contributed by atoms with Crippen LogP contribution in [0.4, 0.5) is 0 Å². The van der Waals surface area contributed by atoms with Crippen LogP contribution in [0.2, 0.25) is 0 Å². The topological polar surface area (TPSA) is 34.1 Å². The second-order valence-electron chi connectivity index (χ2n) is 4.52. The van der Waals surface area contributed by atoms with Gasteiger partial charge in [-0.1, -0.05) is 0 Å². The summed E-state index contributed by atoms with van der Waals surface area (Å²) in [5, 5.41) is 3.53. The monoisotopic (exact) mass is 240 g/mol. The van der Waals surface area contributed by atoms with Crippen LogP contribution < -0.4 is 5.32 Å². The van der Waals surface area contributed by atoms with Gasteiger partial charge in [-0.15, -0.1) is 11.3 Å². The second-order valence-corrected chi connectivity index (χ2v) is 5.49. The maximum Gasteiger partial charge on any atom is 0.0794 e. The highest BCUT2D eigenvalue weighted by molar-refractivity contribution is 7.09. The normalized spacial score (nSPS) is 17.6. The van der Waals surface area contributed by atoms with Gasteiger partial charge in [0.2, 0.25) is 0 Å². The van der Waals surface area contributed by atoms with E-state index < -0.39 is 0 Å². The molecule has 1 fully saturated rings. The van der Waals surface area contributed by atoms with E-state index in [1.54, 1.807) is 11.3 Å². The Morgan fingerprint density at radius 3 is 3.06 bits per heavy atom. The molecule has 1 N–H and O–H groups in total. The van der Waals surface area contributed by atoms with Crippen molar-refractivity contribution in [2.75, 3.05) is 19.8 Å². The first-order chi connectivity index (χ1) is 7.85. The lowest BCUT2D eigenvalue weighted by molar-refractivity contribution is 0.128. The van der Waals surface area contributed by atoms with Crippen molar-refractivity contribution >= 4 is 11.3 Å².